The van der Waals surface area contributed by atoms with E-state index in [4.69, 9.17) is 16.6 Å². The van der Waals surface area contributed by atoms with Gasteiger partial charge in [-0.3, -0.25) is 23.8 Å². The third kappa shape index (κ3) is 5.06. The minimum Gasteiger partial charge on any atom is -0.323 e. The molecular weight excluding hydrogens is 540 g/mol. The second-order valence-electron chi connectivity index (χ2n) is 10.4. The van der Waals surface area contributed by atoms with Crippen molar-refractivity contribution in [1.82, 2.24) is 33.9 Å². The average molecular weight is 569 g/mol. The first-order valence-corrected chi connectivity index (χ1v) is 13.8. The van der Waals surface area contributed by atoms with Gasteiger partial charge in [0.2, 0.25) is 5.91 Å². The Morgan fingerprint density at radius 1 is 1.02 bits per heavy atom. The Labute approximate surface area is 241 Å². The minimum absolute atomic E-state index is 0.0562. The summed E-state index contributed by atoms with van der Waals surface area (Å²) in [5.41, 5.74) is 5.81. The van der Waals surface area contributed by atoms with Crippen LogP contribution in [0.15, 0.2) is 72.4 Å². The Hall–Kier alpha value is -4.57. The second kappa shape index (κ2) is 10.8. The van der Waals surface area contributed by atoms with E-state index in [0.29, 0.717) is 29.2 Å². The van der Waals surface area contributed by atoms with Crippen molar-refractivity contribution in [2.45, 2.75) is 39.2 Å². The number of hydrogen-bond acceptors (Lipinski definition) is 6. The van der Waals surface area contributed by atoms with Crippen molar-refractivity contribution in [1.29, 1.82) is 0 Å². The zero-order valence-corrected chi connectivity index (χ0v) is 23.7. The number of halogens is 1. The van der Waals surface area contributed by atoms with Gasteiger partial charge in [-0.15, -0.1) is 0 Å². The highest BCUT2D eigenvalue weighted by Crippen LogP contribution is 2.33. The fourth-order valence-electron chi connectivity index (χ4n) is 5.41. The number of amides is 1. The molecule has 1 aliphatic rings. The zero-order valence-electron chi connectivity index (χ0n) is 23.0. The van der Waals surface area contributed by atoms with E-state index in [0.717, 1.165) is 40.3 Å². The van der Waals surface area contributed by atoms with Gasteiger partial charge in [0, 0.05) is 53.3 Å². The second-order valence-corrected chi connectivity index (χ2v) is 10.9. The van der Waals surface area contributed by atoms with Gasteiger partial charge < -0.3 is 9.88 Å². The van der Waals surface area contributed by atoms with Crippen LogP contribution >= 0.6 is 11.6 Å². The number of carbonyl (C=O) groups excluding carboxylic acids is 1. The molecule has 208 valence electrons. The van der Waals surface area contributed by atoms with Gasteiger partial charge in [0.1, 0.15) is 0 Å². The third-order valence-corrected chi connectivity index (χ3v) is 7.88. The predicted molar refractivity (Wildman–Crippen MR) is 157 cm³/mol. The number of aryl methyl sites for hydroxylation is 2. The molecule has 0 radical (unpaired) electrons. The Kier molecular flexibility index (Phi) is 7.00. The van der Waals surface area contributed by atoms with Crippen LogP contribution in [0.2, 0.25) is 5.02 Å². The van der Waals surface area contributed by atoms with Gasteiger partial charge in [-0.25, -0.2) is 9.97 Å². The maximum absolute atomic E-state index is 13.7. The SMILES string of the molecule is Cc1cncn1-c1ccc(Cl)cc1-c1cc(=O)n(C2CCCC(C)C(=O)Nc3cnn(C)c3-c3ccnc2c3)cn1. The summed E-state index contributed by atoms with van der Waals surface area (Å²) < 4.78 is 5.29. The van der Waals surface area contributed by atoms with Crippen molar-refractivity contribution in [3.63, 3.8) is 0 Å². The van der Waals surface area contributed by atoms with Crippen molar-refractivity contribution in [2.75, 3.05) is 5.32 Å². The van der Waals surface area contributed by atoms with E-state index in [1.165, 1.54) is 6.07 Å². The highest BCUT2D eigenvalue weighted by atomic mass is 35.5. The zero-order chi connectivity index (χ0) is 28.7. The summed E-state index contributed by atoms with van der Waals surface area (Å²) in [6, 6.07) is 10.5. The number of nitrogens with one attached hydrogen (secondary N) is 1. The van der Waals surface area contributed by atoms with E-state index in [9.17, 15) is 9.59 Å². The summed E-state index contributed by atoms with van der Waals surface area (Å²) >= 11 is 6.37. The van der Waals surface area contributed by atoms with Gasteiger partial charge in [0.25, 0.3) is 5.56 Å². The van der Waals surface area contributed by atoms with Gasteiger partial charge in [0.15, 0.2) is 0 Å². The van der Waals surface area contributed by atoms with Gasteiger partial charge in [-0.1, -0.05) is 24.9 Å². The lowest BCUT2D eigenvalue weighted by molar-refractivity contribution is -0.119. The van der Waals surface area contributed by atoms with Crippen molar-refractivity contribution < 1.29 is 4.79 Å². The molecule has 0 saturated carbocycles. The first-order chi connectivity index (χ1) is 19.8. The van der Waals surface area contributed by atoms with Crippen LogP contribution in [-0.2, 0) is 11.8 Å². The average Bonchev–Trinajstić information content (AvgIpc) is 3.55. The van der Waals surface area contributed by atoms with Gasteiger partial charge in [0.05, 0.1) is 53.3 Å². The number of carbonyl (C=O) groups is 1. The molecule has 2 atom stereocenters. The Morgan fingerprint density at radius 3 is 2.66 bits per heavy atom. The Bertz CT molecular complexity index is 1820. The lowest BCUT2D eigenvalue weighted by atomic mass is 9.97. The number of hydrogen-bond donors (Lipinski definition) is 1. The predicted octanol–water partition coefficient (Wildman–Crippen LogP) is 5.20. The van der Waals surface area contributed by atoms with E-state index in [1.54, 1.807) is 52.6 Å². The first-order valence-electron chi connectivity index (χ1n) is 13.5. The molecule has 0 fully saturated rings. The molecule has 0 spiro atoms. The molecule has 5 aromatic rings. The van der Waals surface area contributed by atoms with Gasteiger partial charge in [-0.05, 0) is 50.1 Å². The molecule has 0 saturated heterocycles. The van der Waals surface area contributed by atoms with Crippen LogP contribution in [0.5, 0.6) is 0 Å². The number of anilines is 1. The number of fused-ring (bicyclic) bond motifs is 4. The molecule has 1 amide bonds. The summed E-state index contributed by atoms with van der Waals surface area (Å²) in [5, 5.41) is 7.94. The number of pyridine rings is 1. The summed E-state index contributed by atoms with van der Waals surface area (Å²) in [6.45, 7) is 3.87. The molecule has 10 nitrogen and oxygen atoms in total. The van der Waals surface area contributed by atoms with E-state index in [1.807, 2.05) is 43.7 Å². The molecule has 6 rings (SSSR count). The number of rotatable bonds is 3. The molecule has 11 heteroatoms. The van der Waals surface area contributed by atoms with E-state index in [-0.39, 0.29) is 23.4 Å². The topological polar surface area (TPSA) is 113 Å². The van der Waals surface area contributed by atoms with Crippen LogP contribution < -0.4 is 10.9 Å². The quantitative estimate of drug-likeness (QED) is 0.320. The highest BCUT2D eigenvalue weighted by molar-refractivity contribution is 6.31. The first kappa shape index (κ1) is 26.6. The van der Waals surface area contributed by atoms with Crippen LogP contribution in [0.4, 0.5) is 5.69 Å². The minimum atomic E-state index is -0.370. The van der Waals surface area contributed by atoms with Crippen LogP contribution in [0, 0.1) is 12.8 Å². The summed E-state index contributed by atoms with van der Waals surface area (Å²) in [4.78, 5) is 40.3. The Balaban J connectivity index is 1.44. The fraction of sp³-hybridized carbons (Fsp3) is 0.267. The monoisotopic (exact) mass is 568 g/mol. The summed E-state index contributed by atoms with van der Waals surface area (Å²) in [7, 11) is 1.83. The summed E-state index contributed by atoms with van der Waals surface area (Å²) in [5.74, 6) is -0.265. The van der Waals surface area contributed by atoms with Gasteiger partial charge >= 0.3 is 0 Å². The van der Waals surface area contributed by atoms with Crippen LogP contribution in [0.3, 0.4) is 0 Å². The molecule has 5 heterocycles. The van der Waals surface area contributed by atoms with Crippen molar-refractivity contribution in [3.8, 4) is 28.2 Å². The molecule has 4 aromatic heterocycles. The van der Waals surface area contributed by atoms with Crippen molar-refractivity contribution in [3.05, 3.63) is 94.4 Å². The lowest BCUT2D eigenvalue weighted by Crippen LogP contribution is -2.27. The highest BCUT2D eigenvalue weighted by Gasteiger charge is 2.24. The summed E-state index contributed by atoms with van der Waals surface area (Å²) in [6.07, 6.45) is 10.5. The van der Waals surface area contributed by atoms with E-state index in [2.05, 4.69) is 20.4 Å². The maximum Gasteiger partial charge on any atom is 0.254 e. The van der Waals surface area contributed by atoms with Gasteiger partial charge in [-0.2, -0.15) is 5.10 Å². The molecule has 1 N–H and O–H groups in total. The molecule has 2 bridgehead atoms. The molecule has 41 heavy (non-hydrogen) atoms. The smallest absolute Gasteiger partial charge is 0.254 e. The standard InChI is InChI=1S/C30H29ClN8O2/c1-18-5-4-6-27(24-11-20(9-10-33-24)29-25(36-30(18)41)15-35-37(29)3)39-17-34-23(13-28(39)40)22-12-21(31)7-8-26(22)38-16-32-14-19(38)2/h7-18,27H,4-6H2,1-3H3,(H,36,41). The van der Waals surface area contributed by atoms with Crippen molar-refractivity contribution in [2.24, 2.45) is 13.0 Å². The lowest BCUT2D eigenvalue weighted by Gasteiger charge is -2.22. The van der Waals surface area contributed by atoms with E-state index < -0.39 is 0 Å². The molecule has 1 aromatic carbocycles. The largest absolute Gasteiger partial charge is 0.323 e. The van der Waals surface area contributed by atoms with Crippen molar-refractivity contribution >= 4 is 23.2 Å². The van der Waals surface area contributed by atoms with Crippen LogP contribution in [0.1, 0.15) is 43.6 Å². The molecule has 1 aliphatic heterocycles. The Morgan fingerprint density at radius 2 is 1.88 bits per heavy atom. The normalized spacial score (nSPS) is 17.3. The molecule has 0 aliphatic carbocycles. The number of nitrogens with zero attached hydrogens (tertiary/aromatic N) is 7. The molecule has 2 unspecified atom stereocenters. The fourth-order valence-corrected chi connectivity index (χ4v) is 5.58. The van der Waals surface area contributed by atoms with Crippen LogP contribution in [-0.4, -0.2) is 39.8 Å². The number of aromatic nitrogens is 7. The molecular formula is C30H29ClN8O2. The number of imidazole rings is 1. The third-order valence-electron chi connectivity index (χ3n) is 7.64. The van der Waals surface area contributed by atoms with E-state index >= 15 is 0 Å². The number of benzene rings is 1. The van der Waals surface area contributed by atoms with Crippen LogP contribution in [0.25, 0.3) is 28.2 Å². The maximum atomic E-state index is 13.7.